The van der Waals surface area contributed by atoms with E-state index in [1.807, 2.05) is 20.8 Å². The summed E-state index contributed by atoms with van der Waals surface area (Å²) in [5.74, 6) is -1.06. The van der Waals surface area contributed by atoms with Crippen LogP contribution in [-0.4, -0.2) is 31.1 Å². The predicted molar refractivity (Wildman–Crippen MR) is 67.9 cm³/mol. The van der Waals surface area contributed by atoms with Gasteiger partial charge in [0.05, 0.1) is 15.6 Å². The maximum absolute atomic E-state index is 11.2. The van der Waals surface area contributed by atoms with Gasteiger partial charge in [-0.1, -0.05) is 12.1 Å². The van der Waals surface area contributed by atoms with E-state index < -0.39 is 5.97 Å². The maximum Gasteiger partial charge on any atom is 0.358 e. The molecule has 0 saturated carbocycles. The molecule has 1 N–H and O–H groups in total. The van der Waals surface area contributed by atoms with Gasteiger partial charge in [0, 0.05) is 6.54 Å². The Hall–Kier alpha value is -1.76. The van der Waals surface area contributed by atoms with Crippen molar-refractivity contribution in [2.75, 3.05) is 0 Å². The third-order valence-electron chi connectivity index (χ3n) is 2.49. The maximum atomic E-state index is 11.2. The molecule has 0 aliphatic carbocycles. The lowest BCUT2D eigenvalue weighted by atomic mass is 10.2. The van der Waals surface area contributed by atoms with Crippen LogP contribution in [-0.2, 0) is 6.54 Å². The van der Waals surface area contributed by atoms with E-state index in [4.69, 9.17) is 0 Å². The van der Waals surface area contributed by atoms with Crippen LogP contribution < -0.4 is 0 Å². The van der Waals surface area contributed by atoms with Crippen molar-refractivity contribution >= 4 is 17.3 Å². The zero-order chi connectivity index (χ0) is 13.3. The van der Waals surface area contributed by atoms with Crippen LogP contribution in [0.4, 0.5) is 0 Å². The molecule has 0 amide bonds. The van der Waals surface area contributed by atoms with Gasteiger partial charge in [-0.25, -0.2) is 14.5 Å². The van der Waals surface area contributed by atoms with Gasteiger partial charge in [-0.05, 0) is 20.3 Å². The molecule has 0 unspecified atom stereocenters. The van der Waals surface area contributed by atoms with Gasteiger partial charge < -0.3 is 5.11 Å². The van der Waals surface area contributed by atoms with E-state index in [1.165, 1.54) is 11.3 Å². The molecule has 2 aromatic heterocycles. The molecule has 0 aromatic carbocycles. The number of aryl methyl sites for hydroxylation is 3. The van der Waals surface area contributed by atoms with Crippen molar-refractivity contribution in [3.05, 3.63) is 16.4 Å². The summed E-state index contributed by atoms with van der Waals surface area (Å²) in [4.78, 5) is 16.4. The van der Waals surface area contributed by atoms with Crippen molar-refractivity contribution in [1.82, 2.24) is 20.0 Å². The Kier molecular flexibility index (Phi) is 3.42. The molecular weight excluding hydrogens is 252 g/mol. The summed E-state index contributed by atoms with van der Waals surface area (Å²) in [6.07, 6.45) is 0.867. The number of nitrogens with zero attached hydrogens (tertiary/aromatic N) is 4. The third kappa shape index (κ3) is 2.13. The number of aromatic nitrogens is 4. The molecule has 96 valence electrons. The minimum absolute atomic E-state index is 0.00444. The lowest BCUT2D eigenvalue weighted by Crippen LogP contribution is -2.04. The quantitative estimate of drug-likeness (QED) is 0.916. The topological polar surface area (TPSA) is 80.9 Å². The zero-order valence-electron chi connectivity index (χ0n) is 10.5. The monoisotopic (exact) mass is 266 g/mol. The van der Waals surface area contributed by atoms with Crippen molar-refractivity contribution in [3.63, 3.8) is 0 Å². The molecule has 7 heteroatoms. The summed E-state index contributed by atoms with van der Waals surface area (Å²) in [6, 6.07) is 0. The largest absolute Gasteiger partial charge is 0.476 e. The zero-order valence-corrected chi connectivity index (χ0v) is 11.3. The fraction of sp³-hybridized carbons (Fsp3) is 0.455. The van der Waals surface area contributed by atoms with Crippen molar-refractivity contribution < 1.29 is 9.90 Å². The first-order valence-corrected chi connectivity index (χ1v) is 6.47. The average Bonchev–Trinajstić information content (AvgIpc) is 2.82. The second-order valence-corrected chi connectivity index (χ2v) is 5.17. The SMILES string of the molecule is CCCn1nnc(C(=O)O)c1-c1sc(C)nc1C. The highest BCUT2D eigenvalue weighted by molar-refractivity contribution is 7.15. The van der Waals surface area contributed by atoms with E-state index >= 15 is 0 Å². The lowest BCUT2D eigenvalue weighted by Gasteiger charge is -2.04. The molecule has 0 spiro atoms. The van der Waals surface area contributed by atoms with Gasteiger partial charge in [0.25, 0.3) is 0 Å². The van der Waals surface area contributed by atoms with E-state index in [1.54, 1.807) is 4.68 Å². The van der Waals surface area contributed by atoms with Crippen LogP contribution in [0.2, 0.25) is 0 Å². The first-order chi connectivity index (χ1) is 8.54. The molecule has 0 fully saturated rings. The summed E-state index contributed by atoms with van der Waals surface area (Å²) in [6.45, 7) is 6.42. The van der Waals surface area contributed by atoms with Crippen LogP contribution in [0, 0.1) is 13.8 Å². The van der Waals surface area contributed by atoms with Crippen LogP contribution >= 0.6 is 11.3 Å². The number of thiazole rings is 1. The summed E-state index contributed by atoms with van der Waals surface area (Å²) in [5, 5.41) is 17.8. The minimum Gasteiger partial charge on any atom is -0.476 e. The van der Waals surface area contributed by atoms with Crippen LogP contribution in [0.5, 0.6) is 0 Å². The van der Waals surface area contributed by atoms with Gasteiger partial charge in [-0.15, -0.1) is 16.4 Å². The van der Waals surface area contributed by atoms with Gasteiger partial charge >= 0.3 is 5.97 Å². The Balaban J connectivity index is 2.62. The highest BCUT2D eigenvalue weighted by Gasteiger charge is 2.23. The number of carbonyl (C=O) groups is 1. The molecule has 0 bridgehead atoms. The molecule has 0 aliphatic heterocycles. The van der Waals surface area contributed by atoms with Crippen molar-refractivity contribution in [2.45, 2.75) is 33.7 Å². The van der Waals surface area contributed by atoms with Gasteiger partial charge in [-0.2, -0.15) is 0 Å². The number of aromatic carboxylic acids is 1. The molecule has 0 atom stereocenters. The molecule has 6 nitrogen and oxygen atoms in total. The van der Waals surface area contributed by atoms with Crippen molar-refractivity contribution in [2.24, 2.45) is 0 Å². The molecule has 2 rings (SSSR count). The summed E-state index contributed by atoms with van der Waals surface area (Å²) in [7, 11) is 0. The number of hydrogen-bond acceptors (Lipinski definition) is 5. The number of hydrogen-bond donors (Lipinski definition) is 1. The summed E-state index contributed by atoms with van der Waals surface area (Å²) in [5.41, 5.74) is 1.38. The highest BCUT2D eigenvalue weighted by Crippen LogP contribution is 2.31. The van der Waals surface area contributed by atoms with Crippen LogP contribution in [0.3, 0.4) is 0 Å². The van der Waals surface area contributed by atoms with E-state index in [2.05, 4.69) is 15.3 Å². The number of rotatable bonds is 4. The summed E-state index contributed by atoms with van der Waals surface area (Å²) < 4.78 is 1.64. The standard InChI is InChI=1S/C11H14N4O2S/c1-4-5-15-9(8(11(16)17)13-14-15)10-6(2)12-7(3)18-10/h4-5H2,1-3H3,(H,16,17). The molecule has 2 aromatic rings. The fourth-order valence-corrected chi connectivity index (χ4v) is 2.77. The normalized spacial score (nSPS) is 10.8. The van der Waals surface area contributed by atoms with E-state index in [9.17, 15) is 9.90 Å². The fourth-order valence-electron chi connectivity index (χ4n) is 1.80. The molecule has 0 radical (unpaired) electrons. The van der Waals surface area contributed by atoms with Crippen molar-refractivity contribution in [3.8, 4) is 10.6 Å². The van der Waals surface area contributed by atoms with Crippen LogP contribution in [0.25, 0.3) is 10.6 Å². The Bertz CT molecular complexity index is 588. The van der Waals surface area contributed by atoms with E-state index in [0.29, 0.717) is 12.2 Å². The first-order valence-electron chi connectivity index (χ1n) is 5.65. The predicted octanol–water partition coefficient (Wildman–Crippen LogP) is 2.13. The van der Waals surface area contributed by atoms with Crippen LogP contribution in [0.1, 0.15) is 34.5 Å². The van der Waals surface area contributed by atoms with Gasteiger partial charge in [0.2, 0.25) is 0 Å². The lowest BCUT2D eigenvalue weighted by molar-refractivity contribution is 0.0691. The van der Waals surface area contributed by atoms with E-state index in [-0.39, 0.29) is 5.69 Å². The Morgan fingerprint density at radius 2 is 2.17 bits per heavy atom. The third-order valence-corrected chi connectivity index (χ3v) is 3.57. The second-order valence-electron chi connectivity index (χ2n) is 3.96. The Morgan fingerprint density at radius 3 is 2.67 bits per heavy atom. The van der Waals surface area contributed by atoms with Crippen LogP contribution in [0.15, 0.2) is 0 Å². The van der Waals surface area contributed by atoms with Gasteiger partial charge in [0.1, 0.15) is 5.69 Å². The van der Waals surface area contributed by atoms with Gasteiger partial charge in [-0.3, -0.25) is 0 Å². The Morgan fingerprint density at radius 1 is 1.44 bits per heavy atom. The number of carboxylic acid groups (broad SMARTS) is 1. The average molecular weight is 266 g/mol. The van der Waals surface area contributed by atoms with Gasteiger partial charge in [0.15, 0.2) is 5.69 Å². The number of carboxylic acids is 1. The highest BCUT2D eigenvalue weighted by atomic mass is 32.1. The van der Waals surface area contributed by atoms with Crippen molar-refractivity contribution in [1.29, 1.82) is 0 Å². The Labute approximate surface area is 108 Å². The van der Waals surface area contributed by atoms with E-state index in [0.717, 1.165) is 22.0 Å². The smallest absolute Gasteiger partial charge is 0.358 e. The molecule has 2 heterocycles. The minimum atomic E-state index is -1.06. The molecular formula is C11H14N4O2S. The molecule has 18 heavy (non-hydrogen) atoms. The first kappa shape index (κ1) is 12.7. The molecule has 0 saturated heterocycles. The second kappa shape index (κ2) is 4.85. The summed E-state index contributed by atoms with van der Waals surface area (Å²) >= 11 is 1.47. The molecule has 0 aliphatic rings.